The van der Waals surface area contributed by atoms with E-state index >= 15 is 0 Å². The van der Waals surface area contributed by atoms with Crippen molar-refractivity contribution in [2.24, 2.45) is 5.92 Å². The molecule has 0 aliphatic heterocycles. The first-order valence-corrected chi connectivity index (χ1v) is 7.47. The van der Waals surface area contributed by atoms with Gasteiger partial charge < -0.3 is 10.4 Å². The van der Waals surface area contributed by atoms with E-state index in [-0.39, 0.29) is 11.5 Å². The van der Waals surface area contributed by atoms with Gasteiger partial charge >= 0.3 is 0 Å². The van der Waals surface area contributed by atoms with Crippen LogP contribution in [-0.2, 0) is 5.41 Å². The molecule has 1 fully saturated rings. The van der Waals surface area contributed by atoms with Crippen LogP contribution >= 0.6 is 11.6 Å². The maximum atomic E-state index is 9.82. The molecule has 2 nitrogen and oxygen atoms in total. The summed E-state index contributed by atoms with van der Waals surface area (Å²) in [6.07, 6.45) is 2.63. The van der Waals surface area contributed by atoms with E-state index in [0.29, 0.717) is 12.0 Å². The van der Waals surface area contributed by atoms with Crippen molar-refractivity contribution < 1.29 is 5.11 Å². The third-order valence-electron chi connectivity index (χ3n) is 4.34. The SMILES string of the molecule is CN[C@H](CC(C)C)[C@]1(c2ccc(Cl)cc2)C[C@@H](O)C1. The highest BCUT2D eigenvalue weighted by Gasteiger charge is 2.49. The molecule has 1 aliphatic carbocycles. The van der Waals surface area contributed by atoms with Crippen LogP contribution in [0.25, 0.3) is 0 Å². The van der Waals surface area contributed by atoms with Gasteiger partial charge in [-0.3, -0.25) is 0 Å². The molecule has 0 spiro atoms. The number of aliphatic hydroxyl groups excluding tert-OH is 1. The van der Waals surface area contributed by atoms with Gasteiger partial charge in [0.05, 0.1) is 6.10 Å². The number of likely N-dealkylation sites (N-methyl/N-ethyl adjacent to an activating group) is 1. The molecule has 0 radical (unpaired) electrons. The van der Waals surface area contributed by atoms with Crippen molar-refractivity contribution in [3.63, 3.8) is 0 Å². The molecule has 0 amide bonds. The van der Waals surface area contributed by atoms with E-state index in [1.54, 1.807) is 0 Å². The average Bonchev–Trinajstić information content (AvgIpc) is 2.33. The van der Waals surface area contributed by atoms with Crippen LogP contribution in [0, 0.1) is 5.92 Å². The van der Waals surface area contributed by atoms with Crippen LogP contribution in [0.2, 0.25) is 5.02 Å². The summed E-state index contributed by atoms with van der Waals surface area (Å²) in [7, 11) is 2.02. The lowest BCUT2D eigenvalue weighted by molar-refractivity contribution is -0.00564. The lowest BCUT2D eigenvalue weighted by Gasteiger charge is -2.51. The van der Waals surface area contributed by atoms with Crippen molar-refractivity contribution in [1.82, 2.24) is 5.32 Å². The molecule has 106 valence electrons. The smallest absolute Gasteiger partial charge is 0.0558 e. The minimum atomic E-state index is -0.168. The van der Waals surface area contributed by atoms with Gasteiger partial charge in [0.25, 0.3) is 0 Å². The summed E-state index contributed by atoms with van der Waals surface area (Å²) in [4.78, 5) is 0. The number of rotatable bonds is 5. The maximum absolute atomic E-state index is 9.82. The Morgan fingerprint density at radius 2 is 1.89 bits per heavy atom. The summed E-state index contributed by atoms with van der Waals surface area (Å²) in [5.41, 5.74) is 1.35. The van der Waals surface area contributed by atoms with E-state index in [1.165, 1.54) is 5.56 Å². The first-order valence-electron chi connectivity index (χ1n) is 7.09. The molecule has 0 aromatic heterocycles. The Labute approximate surface area is 121 Å². The zero-order chi connectivity index (χ0) is 14.0. The number of aliphatic hydroxyl groups is 1. The second kappa shape index (κ2) is 5.82. The van der Waals surface area contributed by atoms with Crippen molar-refractivity contribution >= 4 is 11.6 Å². The Morgan fingerprint density at radius 3 is 2.32 bits per heavy atom. The summed E-state index contributed by atoms with van der Waals surface area (Å²) in [6, 6.07) is 8.52. The first-order chi connectivity index (χ1) is 8.98. The van der Waals surface area contributed by atoms with Crippen molar-refractivity contribution in [2.75, 3.05) is 7.05 Å². The molecule has 1 aliphatic rings. The van der Waals surface area contributed by atoms with Crippen LogP contribution in [0.4, 0.5) is 0 Å². The summed E-state index contributed by atoms with van der Waals surface area (Å²) >= 11 is 5.98. The molecule has 2 N–H and O–H groups in total. The molecule has 3 heteroatoms. The summed E-state index contributed by atoms with van der Waals surface area (Å²) in [5, 5.41) is 14.1. The molecule has 2 rings (SSSR count). The highest BCUT2D eigenvalue weighted by Crippen LogP contribution is 2.48. The summed E-state index contributed by atoms with van der Waals surface area (Å²) in [6.45, 7) is 4.49. The Morgan fingerprint density at radius 1 is 1.32 bits per heavy atom. The van der Waals surface area contributed by atoms with E-state index in [9.17, 15) is 5.11 Å². The third-order valence-corrected chi connectivity index (χ3v) is 4.59. The van der Waals surface area contributed by atoms with Gasteiger partial charge in [-0.1, -0.05) is 37.6 Å². The fraction of sp³-hybridized carbons (Fsp3) is 0.625. The Kier molecular flexibility index (Phi) is 4.54. The molecule has 1 aromatic rings. The minimum Gasteiger partial charge on any atom is -0.393 e. The average molecular weight is 282 g/mol. The van der Waals surface area contributed by atoms with Gasteiger partial charge in [-0.15, -0.1) is 0 Å². The van der Waals surface area contributed by atoms with E-state index < -0.39 is 0 Å². The number of hydrogen-bond donors (Lipinski definition) is 2. The van der Waals surface area contributed by atoms with E-state index in [1.807, 2.05) is 19.2 Å². The fourth-order valence-corrected chi connectivity index (χ4v) is 3.50. The zero-order valence-corrected chi connectivity index (χ0v) is 12.7. The monoisotopic (exact) mass is 281 g/mol. The quantitative estimate of drug-likeness (QED) is 0.867. The van der Waals surface area contributed by atoms with Gasteiger partial charge in [0.15, 0.2) is 0 Å². The molecule has 0 heterocycles. The van der Waals surface area contributed by atoms with Crippen molar-refractivity contribution in [2.45, 2.75) is 50.7 Å². The van der Waals surface area contributed by atoms with Gasteiger partial charge in [0.2, 0.25) is 0 Å². The number of hydrogen-bond acceptors (Lipinski definition) is 2. The van der Waals surface area contributed by atoms with Crippen molar-refractivity contribution in [3.05, 3.63) is 34.9 Å². The number of benzene rings is 1. The molecular formula is C16H24ClNO. The number of halogens is 1. The lowest BCUT2D eigenvalue weighted by Crippen LogP contribution is -2.57. The topological polar surface area (TPSA) is 32.3 Å². The summed E-state index contributed by atoms with van der Waals surface area (Å²) in [5.74, 6) is 0.638. The molecule has 0 unspecified atom stereocenters. The van der Waals surface area contributed by atoms with Crippen LogP contribution in [-0.4, -0.2) is 24.3 Å². The van der Waals surface area contributed by atoms with Crippen molar-refractivity contribution in [3.8, 4) is 0 Å². The van der Waals surface area contributed by atoms with Crippen LogP contribution in [0.3, 0.4) is 0 Å². The van der Waals surface area contributed by atoms with Gasteiger partial charge in [-0.05, 0) is 49.9 Å². The van der Waals surface area contributed by atoms with Crippen molar-refractivity contribution in [1.29, 1.82) is 0 Å². The molecule has 0 bridgehead atoms. The molecule has 1 atom stereocenters. The maximum Gasteiger partial charge on any atom is 0.0558 e. The van der Waals surface area contributed by atoms with Crippen LogP contribution in [0.5, 0.6) is 0 Å². The minimum absolute atomic E-state index is 0.0586. The van der Waals surface area contributed by atoms with Crippen LogP contribution < -0.4 is 5.32 Å². The lowest BCUT2D eigenvalue weighted by atomic mass is 9.57. The van der Waals surface area contributed by atoms with Gasteiger partial charge in [-0.25, -0.2) is 0 Å². The van der Waals surface area contributed by atoms with E-state index in [2.05, 4.69) is 31.3 Å². The third kappa shape index (κ3) is 2.96. The standard InChI is InChI=1S/C16H24ClNO/c1-11(2)8-15(18-3)16(9-14(19)10-16)12-4-6-13(17)7-5-12/h4-7,11,14-15,18-19H,8-10H2,1-3H3/t14-,15-,16-/m1/s1. The fourth-order valence-electron chi connectivity index (χ4n) is 3.38. The Bertz CT molecular complexity index is 409. The predicted octanol–water partition coefficient (Wildman–Crippen LogP) is 3.37. The Balaban J connectivity index is 2.29. The molecule has 19 heavy (non-hydrogen) atoms. The van der Waals surface area contributed by atoms with Gasteiger partial charge in [0.1, 0.15) is 0 Å². The molecule has 1 aromatic carbocycles. The van der Waals surface area contributed by atoms with E-state index in [0.717, 1.165) is 24.3 Å². The van der Waals surface area contributed by atoms with Crippen LogP contribution in [0.15, 0.2) is 24.3 Å². The highest BCUT2D eigenvalue weighted by molar-refractivity contribution is 6.30. The number of nitrogens with one attached hydrogen (secondary N) is 1. The zero-order valence-electron chi connectivity index (χ0n) is 12.0. The second-order valence-corrected chi connectivity index (χ2v) is 6.63. The largest absolute Gasteiger partial charge is 0.393 e. The predicted molar refractivity (Wildman–Crippen MR) is 80.7 cm³/mol. The Hall–Kier alpha value is -0.570. The normalized spacial score (nSPS) is 28.2. The van der Waals surface area contributed by atoms with Gasteiger partial charge in [-0.2, -0.15) is 0 Å². The molecule has 1 saturated carbocycles. The van der Waals surface area contributed by atoms with E-state index in [4.69, 9.17) is 11.6 Å². The highest BCUT2D eigenvalue weighted by atomic mass is 35.5. The van der Waals surface area contributed by atoms with Crippen LogP contribution in [0.1, 0.15) is 38.7 Å². The first kappa shape index (κ1) is 14.8. The van der Waals surface area contributed by atoms with Gasteiger partial charge in [0, 0.05) is 16.5 Å². The summed E-state index contributed by atoms with van der Waals surface area (Å²) < 4.78 is 0. The molecule has 0 saturated heterocycles. The molecular weight excluding hydrogens is 258 g/mol. The second-order valence-electron chi connectivity index (χ2n) is 6.20.